The maximum atomic E-state index is 11.3. The van der Waals surface area contributed by atoms with Crippen molar-refractivity contribution in [3.8, 4) is 0 Å². The van der Waals surface area contributed by atoms with E-state index in [2.05, 4.69) is 10.5 Å². The van der Waals surface area contributed by atoms with Crippen molar-refractivity contribution in [2.24, 2.45) is 0 Å². The fraction of sp³-hybridized carbons (Fsp3) is 0.500. The van der Waals surface area contributed by atoms with Gasteiger partial charge in [-0.25, -0.2) is 4.79 Å². The van der Waals surface area contributed by atoms with Crippen molar-refractivity contribution in [1.82, 2.24) is 15.4 Å². The zero-order chi connectivity index (χ0) is 9.10. The van der Waals surface area contributed by atoms with Crippen LogP contribution in [0, 0.1) is 0 Å². The van der Waals surface area contributed by atoms with Gasteiger partial charge in [0.1, 0.15) is 0 Å². The molecule has 0 unspecified atom stereocenters. The first-order chi connectivity index (χ1) is 6.36. The van der Waals surface area contributed by atoms with E-state index >= 15 is 0 Å². The van der Waals surface area contributed by atoms with Gasteiger partial charge < -0.3 is 14.7 Å². The molecule has 70 valence electrons. The van der Waals surface area contributed by atoms with Crippen LogP contribution < -0.4 is 5.32 Å². The number of amides is 2. The molecule has 1 aliphatic heterocycles. The Morgan fingerprint density at radius 3 is 3.31 bits per heavy atom. The topological polar surface area (TPSA) is 58.4 Å². The summed E-state index contributed by atoms with van der Waals surface area (Å²) in [6.45, 7) is 2.06. The average Bonchev–Trinajstić information content (AvgIpc) is 2.61. The summed E-state index contributed by atoms with van der Waals surface area (Å²) >= 11 is 0. The van der Waals surface area contributed by atoms with E-state index in [1.54, 1.807) is 17.2 Å². The van der Waals surface area contributed by atoms with Crippen molar-refractivity contribution in [2.75, 3.05) is 13.1 Å². The summed E-state index contributed by atoms with van der Waals surface area (Å²) in [6, 6.07) is 1.74. The van der Waals surface area contributed by atoms with Crippen LogP contribution in [-0.4, -0.2) is 29.2 Å². The van der Waals surface area contributed by atoms with Crippen LogP contribution in [0.4, 0.5) is 4.79 Å². The molecule has 1 aromatic heterocycles. The largest absolute Gasteiger partial charge is 0.360 e. The van der Waals surface area contributed by atoms with Crippen LogP contribution in [0.1, 0.15) is 12.2 Å². The van der Waals surface area contributed by atoms with Gasteiger partial charge in [0.25, 0.3) is 0 Å². The molecule has 0 saturated carbocycles. The van der Waals surface area contributed by atoms with Gasteiger partial charge in [0.15, 0.2) is 5.76 Å². The molecular weight excluding hydrogens is 170 g/mol. The Balaban J connectivity index is 1.97. The van der Waals surface area contributed by atoms with Crippen molar-refractivity contribution < 1.29 is 9.32 Å². The van der Waals surface area contributed by atoms with Crippen LogP contribution in [-0.2, 0) is 6.54 Å². The number of carbonyl (C=O) groups excluding carboxylic acids is 1. The summed E-state index contributed by atoms with van der Waals surface area (Å²) < 4.78 is 4.91. The second-order valence-corrected chi connectivity index (χ2v) is 2.99. The highest BCUT2D eigenvalue weighted by molar-refractivity contribution is 5.74. The minimum atomic E-state index is -0.0253. The summed E-state index contributed by atoms with van der Waals surface area (Å²) in [5.41, 5.74) is 0. The third kappa shape index (κ3) is 1.80. The number of nitrogens with one attached hydrogen (secondary N) is 1. The highest BCUT2D eigenvalue weighted by Crippen LogP contribution is 2.06. The summed E-state index contributed by atoms with van der Waals surface area (Å²) in [5, 5.41) is 6.35. The first-order valence-electron chi connectivity index (χ1n) is 4.28. The Kier molecular flexibility index (Phi) is 2.16. The normalized spacial score (nSPS) is 17.2. The second-order valence-electron chi connectivity index (χ2n) is 2.99. The summed E-state index contributed by atoms with van der Waals surface area (Å²) in [4.78, 5) is 13.0. The molecule has 13 heavy (non-hydrogen) atoms. The van der Waals surface area contributed by atoms with E-state index in [0.29, 0.717) is 6.54 Å². The predicted octanol–water partition coefficient (Wildman–Crippen LogP) is 0.590. The monoisotopic (exact) mass is 181 g/mol. The van der Waals surface area contributed by atoms with Crippen molar-refractivity contribution in [2.45, 2.75) is 13.0 Å². The standard InChI is InChI=1S/C8H11N3O2/c12-8-9-3-1-5-11(8)6-7-2-4-10-13-7/h2,4H,1,3,5-6H2,(H,9,12). The molecule has 1 saturated heterocycles. The third-order valence-corrected chi connectivity index (χ3v) is 2.01. The molecular formula is C8H11N3O2. The van der Waals surface area contributed by atoms with E-state index in [4.69, 9.17) is 4.52 Å². The molecule has 0 bridgehead atoms. The summed E-state index contributed by atoms with van der Waals surface area (Å²) in [5.74, 6) is 0.719. The van der Waals surface area contributed by atoms with Gasteiger partial charge >= 0.3 is 6.03 Å². The van der Waals surface area contributed by atoms with Gasteiger partial charge in [0, 0.05) is 19.2 Å². The number of hydrogen-bond acceptors (Lipinski definition) is 3. The van der Waals surface area contributed by atoms with Gasteiger partial charge in [-0.3, -0.25) is 0 Å². The zero-order valence-electron chi connectivity index (χ0n) is 7.19. The molecule has 2 rings (SSSR count). The Morgan fingerprint density at radius 2 is 2.62 bits per heavy atom. The third-order valence-electron chi connectivity index (χ3n) is 2.01. The number of urea groups is 1. The molecule has 5 heteroatoms. The van der Waals surface area contributed by atoms with Gasteiger partial charge in [0.05, 0.1) is 12.7 Å². The Labute approximate surface area is 75.7 Å². The minimum absolute atomic E-state index is 0.0253. The number of rotatable bonds is 2. The lowest BCUT2D eigenvalue weighted by Crippen LogP contribution is -2.45. The smallest absolute Gasteiger partial charge is 0.317 e. The van der Waals surface area contributed by atoms with Gasteiger partial charge in [0.2, 0.25) is 0 Å². The van der Waals surface area contributed by atoms with Crippen LogP contribution in [0.2, 0.25) is 0 Å². The first kappa shape index (κ1) is 8.10. The Morgan fingerprint density at radius 1 is 1.69 bits per heavy atom. The van der Waals surface area contributed by atoms with E-state index in [1.807, 2.05) is 0 Å². The van der Waals surface area contributed by atoms with E-state index in [9.17, 15) is 4.79 Å². The van der Waals surface area contributed by atoms with Gasteiger partial charge in [-0.15, -0.1) is 0 Å². The zero-order valence-corrected chi connectivity index (χ0v) is 7.19. The lowest BCUT2D eigenvalue weighted by molar-refractivity contribution is 0.176. The Bertz CT molecular complexity index is 284. The van der Waals surface area contributed by atoms with Gasteiger partial charge in [-0.1, -0.05) is 5.16 Å². The maximum Gasteiger partial charge on any atom is 0.317 e. The lowest BCUT2D eigenvalue weighted by atomic mass is 10.3. The van der Waals surface area contributed by atoms with Crippen LogP contribution in [0.15, 0.2) is 16.8 Å². The van der Waals surface area contributed by atoms with E-state index in [-0.39, 0.29) is 6.03 Å². The van der Waals surface area contributed by atoms with Crippen molar-refractivity contribution in [1.29, 1.82) is 0 Å². The fourth-order valence-electron chi connectivity index (χ4n) is 1.34. The fourth-order valence-corrected chi connectivity index (χ4v) is 1.34. The number of aromatic nitrogens is 1. The number of hydrogen-bond donors (Lipinski definition) is 1. The molecule has 0 radical (unpaired) electrons. The van der Waals surface area contributed by atoms with Gasteiger partial charge in [-0.05, 0) is 6.42 Å². The number of nitrogens with zero attached hydrogens (tertiary/aromatic N) is 2. The van der Waals surface area contributed by atoms with E-state index in [1.165, 1.54) is 0 Å². The molecule has 1 aliphatic rings. The Hall–Kier alpha value is -1.52. The average molecular weight is 181 g/mol. The maximum absolute atomic E-state index is 11.3. The van der Waals surface area contributed by atoms with E-state index < -0.39 is 0 Å². The molecule has 2 heterocycles. The van der Waals surface area contributed by atoms with E-state index in [0.717, 1.165) is 25.3 Å². The summed E-state index contributed by atoms with van der Waals surface area (Å²) in [6.07, 6.45) is 2.57. The van der Waals surface area contributed by atoms with Crippen LogP contribution in [0.25, 0.3) is 0 Å². The van der Waals surface area contributed by atoms with Crippen LogP contribution in [0.3, 0.4) is 0 Å². The highest BCUT2D eigenvalue weighted by Gasteiger charge is 2.18. The molecule has 0 atom stereocenters. The SMILES string of the molecule is O=C1NCCCN1Cc1ccno1. The summed E-state index contributed by atoms with van der Waals surface area (Å²) in [7, 11) is 0. The second kappa shape index (κ2) is 3.47. The van der Waals surface area contributed by atoms with Gasteiger partial charge in [-0.2, -0.15) is 0 Å². The predicted molar refractivity (Wildman–Crippen MR) is 44.9 cm³/mol. The number of carbonyl (C=O) groups is 1. The molecule has 1 fully saturated rings. The molecule has 1 N–H and O–H groups in total. The quantitative estimate of drug-likeness (QED) is 0.726. The highest BCUT2D eigenvalue weighted by atomic mass is 16.5. The molecule has 0 spiro atoms. The lowest BCUT2D eigenvalue weighted by Gasteiger charge is -2.26. The van der Waals surface area contributed by atoms with Crippen molar-refractivity contribution >= 4 is 6.03 Å². The first-order valence-corrected chi connectivity index (χ1v) is 4.28. The molecule has 1 aromatic rings. The van der Waals surface area contributed by atoms with Crippen LogP contribution >= 0.6 is 0 Å². The molecule has 0 aromatic carbocycles. The van der Waals surface area contributed by atoms with Crippen molar-refractivity contribution in [3.05, 3.63) is 18.0 Å². The molecule has 0 aliphatic carbocycles. The molecule has 5 nitrogen and oxygen atoms in total. The minimum Gasteiger partial charge on any atom is -0.360 e. The van der Waals surface area contributed by atoms with Crippen LogP contribution in [0.5, 0.6) is 0 Å². The van der Waals surface area contributed by atoms with Crippen molar-refractivity contribution in [3.63, 3.8) is 0 Å². The molecule has 2 amide bonds.